The van der Waals surface area contributed by atoms with Crippen LogP contribution in [0.25, 0.3) is 253 Å². The largest absolute Gasteiger partial charge is 0.309 e. The molecule has 29 aromatic rings. The van der Waals surface area contributed by atoms with E-state index in [1.54, 1.807) is 0 Å². The van der Waals surface area contributed by atoms with Gasteiger partial charge in [-0.2, -0.15) is 0 Å². The Labute approximate surface area is 754 Å². The van der Waals surface area contributed by atoms with E-state index in [9.17, 15) is 0 Å². The summed E-state index contributed by atoms with van der Waals surface area (Å²) in [4.78, 5) is 30.5. The van der Waals surface area contributed by atoms with Crippen molar-refractivity contribution in [1.82, 2.24) is 57.3 Å². The number of hydrogen-bond donors (Lipinski definition) is 0. The van der Waals surface area contributed by atoms with Gasteiger partial charge in [0, 0.05) is 109 Å². The molecule has 0 N–H and O–H groups in total. The molecule has 0 aliphatic heterocycles. The van der Waals surface area contributed by atoms with Gasteiger partial charge in [-0.05, 0) is 161 Å². The molecule has 0 fully saturated rings. The predicted molar refractivity (Wildman–Crippen MR) is 548 cm³/mol. The molecule has 0 aliphatic rings. The summed E-state index contributed by atoms with van der Waals surface area (Å²) in [7, 11) is 0. The van der Waals surface area contributed by atoms with Gasteiger partial charge >= 0.3 is 0 Å². The number of fused-ring (bicyclic) bond motifs is 28. The van der Waals surface area contributed by atoms with E-state index < -0.39 is 0 Å². The maximum Gasteiger partial charge on any atom is 0.165 e. The van der Waals surface area contributed by atoms with E-state index in [0.717, 1.165) is 128 Å². The van der Waals surface area contributed by atoms with E-state index in [1.165, 1.54) is 125 Å². The highest BCUT2D eigenvalue weighted by molar-refractivity contribution is 6.27. The number of aromatic nitrogens is 12. The molecule has 29 rings (SSSR count). The molecule has 9 aromatic heterocycles. The molecule has 12 heteroatoms. The Morgan fingerprint density at radius 3 is 1.04 bits per heavy atom. The van der Waals surface area contributed by atoms with Crippen LogP contribution in [-0.4, -0.2) is 57.3 Å². The van der Waals surface area contributed by atoms with Crippen molar-refractivity contribution in [3.8, 4) is 56.9 Å². The van der Waals surface area contributed by atoms with Crippen molar-refractivity contribution in [2.45, 2.75) is 0 Å². The third-order valence-corrected chi connectivity index (χ3v) is 26.7. The number of rotatable bonds is 8. The van der Waals surface area contributed by atoms with E-state index in [1.807, 2.05) is 67.0 Å². The lowest BCUT2D eigenvalue weighted by molar-refractivity contribution is 1.08. The van der Waals surface area contributed by atoms with Gasteiger partial charge in [0.2, 0.25) is 0 Å². The van der Waals surface area contributed by atoms with Crippen LogP contribution >= 0.6 is 0 Å². The van der Waals surface area contributed by atoms with E-state index >= 15 is 0 Å². The van der Waals surface area contributed by atoms with Crippen LogP contribution in [0.2, 0.25) is 0 Å². The van der Waals surface area contributed by atoms with Crippen molar-refractivity contribution in [3.05, 3.63) is 449 Å². The fourth-order valence-electron chi connectivity index (χ4n) is 20.9. The highest BCUT2D eigenvalue weighted by Crippen LogP contribution is 2.47. The van der Waals surface area contributed by atoms with E-state index in [4.69, 9.17) is 29.9 Å². The number of nitrogens with zero attached hydrogens (tertiary/aromatic N) is 12. The third kappa shape index (κ3) is 11.6. The van der Waals surface area contributed by atoms with Crippen molar-refractivity contribution in [2.75, 3.05) is 0 Å². The van der Waals surface area contributed by atoms with Crippen LogP contribution in [0.4, 0.5) is 0 Å². The standard InChI is InChI=1S/C50H30N4.C38H24N4.C32H20N4/c1-2-12-34(13-3-1)53-45-20-10-8-16-38(45)42-26-27-43-39-17-9-11-21-46(39)54(50(43)49(42)53)35-25-24-31-28-33(23-22-32(31)29-35)44-30-51-47-40-18-6-4-14-36(40)37-15-5-7-19-41(37)48(47)52-44;1-3-13-25(14-4-1)37-38(40-32-20-10-9-19-31(32)39-37)42-34-22-12-8-18-28(34)30-23-35-29(24-36(30)42)27-17-7-11-21-33(27)41(35)26-15-5-2-6-16-26;1-2-10-21(11-3-1)35-28-16-8-4-12-22(28)24-19-31-25(18-30(24)35)23-13-5-9-17-29(23)36(31)32-20-33-26-14-6-7-15-27(26)34-32/h1-30H;1-24H;1-20H. The molecule has 0 amide bonds. The minimum atomic E-state index is 0.825. The van der Waals surface area contributed by atoms with Crippen molar-refractivity contribution < 1.29 is 0 Å². The van der Waals surface area contributed by atoms with Crippen LogP contribution < -0.4 is 0 Å². The first-order valence-electron chi connectivity index (χ1n) is 44.7. The van der Waals surface area contributed by atoms with Crippen molar-refractivity contribution in [1.29, 1.82) is 0 Å². The minimum absolute atomic E-state index is 0.825. The van der Waals surface area contributed by atoms with E-state index in [0.29, 0.717) is 0 Å². The first kappa shape index (κ1) is 74.3. The summed E-state index contributed by atoms with van der Waals surface area (Å²) in [6.07, 6.45) is 3.81. The lowest BCUT2D eigenvalue weighted by Crippen LogP contribution is -2.03. The molecule has 0 bridgehead atoms. The van der Waals surface area contributed by atoms with Crippen LogP contribution in [0.15, 0.2) is 449 Å². The minimum Gasteiger partial charge on any atom is -0.309 e. The Balaban J connectivity index is 0.000000104. The smallest absolute Gasteiger partial charge is 0.165 e. The first-order valence-corrected chi connectivity index (χ1v) is 44.7. The number of hydrogen-bond acceptors (Lipinski definition) is 6. The molecule has 9 heterocycles. The molecule has 132 heavy (non-hydrogen) atoms. The molecule has 20 aromatic carbocycles. The van der Waals surface area contributed by atoms with Crippen LogP contribution in [0.1, 0.15) is 0 Å². The van der Waals surface area contributed by atoms with Gasteiger partial charge in [0.05, 0.1) is 117 Å². The van der Waals surface area contributed by atoms with Crippen LogP contribution in [0, 0.1) is 0 Å². The molecule has 0 aliphatic carbocycles. The summed E-state index contributed by atoms with van der Waals surface area (Å²) in [5, 5.41) is 21.6. The summed E-state index contributed by atoms with van der Waals surface area (Å²) < 4.78 is 14.2. The fraction of sp³-hybridized carbons (Fsp3) is 0. The Hall–Kier alpha value is -18.0. The summed E-state index contributed by atoms with van der Waals surface area (Å²) in [5.74, 6) is 1.66. The van der Waals surface area contributed by atoms with Crippen molar-refractivity contribution in [3.63, 3.8) is 0 Å². The molecule has 0 spiro atoms. The second-order valence-corrected chi connectivity index (χ2v) is 34.0. The van der Waals surface area contributed by atoms with Gasteiger partial charge in [0.15, 0.2) is 11.6 Å². The van der Waals surface area contributed by atoms with Crippen LogP contribution in [-0.2, 0) is 0 Å². The van der Waals surface area contributed by atoms with Gasteiger partial charge in [0.25, 0.3) is 0 Å². The van der Waals surface area contributed by atoms with Gasteiger partial charge < -0.3 is 18.3 Å². The maximum absolute atomic E-state index is 5.28. The Morgan fingerprint density at radius 1 is 0.174 bits per heavy atom. The average molecular weight is 1680 g/mol. The van der Waals surface area contributed by atoms with Gasteiger partial charge in [-0.25, -0.2) is 19.9 Å². The topological polar surface area (TPSA) is 107 Å². The fourth-order valence-corrected chi connectivity index (χ4v) is 20.9. The zero-order valence-corrected chi connectivity index (χ0v) is 71.1. The quantitative estimate of drug-likeness (QED) is 0.140. The third-order valence-electron chi connectivity index (χ3n) is 26.7. The molecular formula is C120H74N12. The highest BCUT2D eigenvalue weighted by atomic mass is 15.1. The Morgan fingerprint density at radius 2 is 0.530 bits per heavy atom. The highest BCUT2D eigenvalue weighted by Gasteiger charge is 2.27. The molecular weight excluding hydrogens is 1610 g/mol. The molecule has 0 unspecified atom stereocenters. The Kier molecular flexibility index (Phi) is 16.8. The number of para-hydroxylation sites is 13. The summed E-state index contributed by atoms with van der Waals surface area (Å²) >= 11 is 0. The first-order chi connectivity index (χ1) is 65.5. The predicted octanol–water partition coefficient (Wildman–Crippen LogP) is 30.3. The molecule has 12 nitrogen and oxygen atoms in total. The normalized spacial score (nSPS) is 11.9. The molecule has 0 radical (unpaired) electrons. The summed E-state index contributed by atoms with van der Waals surface area (Å²) in [6, 6.07) is 155. The number of benzene rings is 20. The van der Waals surface area contributed by atoms with Gasteiger partial charge in [-0.3, -0.25) is 19.1 Å². The average Bonchev–Trinajstić information content (AvgIpc) is 1.53. The van der Waals surface area contributed by atoms with Gasteiger partial charge in [0.1, 0.15) is 5.69 Å². The maximum atomic E-state index is 5.28. The molecule has 0 saturated heterocycles. The lowest BCUT2D eigenvalue weighted by atomic mass is 9.99. The van der Waals surface area contributed by atoms with E-state index in [-0.39, 0.29) is 0 Å². The van der Waals surface area contributed by atoms with Crippen LogP contribution in [0.3, 0.4) is 0 Å². The lowest BCUT2D eigenvalue weighted by Gasteiger charge is -2.14. The molecule has 0 saturated carbocycles. The van der Waals surface area contributed by atoms with Crippen molar-refractivity contribution in [2.24, 2.45) is 0 Å². The second kappa shape index (κ2) is 29.8. The van der Waals surface area contributed by atoms with E-state index in [2.05, 4.69) is 410 Å². The summed E-state index contributed by atoms with van der Waals surface area (Å²) in [5.41, 5.74) is 27.9. The summed E-state index contributed by atoms with van der Waals surface area (Å²) in [6.45, 7) is 0. The SMILES string of the molecule is c1ccc(-c2nc3ccccc3nc2-n2c3ccccc3c3cc4c(cc32)c2ccccc2n4-c2ccccc2)cc1.c1ccc(-n2c3ccccc3c3cc4c(cc32)c2ccccc2n4-c2cnc3ccccc3n2)cc1.c1ccc(-n2c3ccccc3c3ccc4c5ccccc5n(-c5ccc6cc(-c7cnc8c9ccccc9c9ccccc9c8n7)ccc6c5)c4c32)cc1. The van der Waals surface area contributed by atoms with Gasteiger partial charge in [-0.15, -0.1) is 0 Å². The second-order valence-electron chi connectivity index (χ2n) is 34.0. The monoisotopic (exact) mass is 1680 g/mol. The van der Waals surface area contributed by atoms with Gasteiger partial charge in [-0.1, -0.05) is 297 Å². The Bertz CT molecular complexity index is 9770. The van der Waals surface area contributed by atoms with Crippen molar-refractivity contribution >= 4 is 196 Å². The zero-order valence-electron chi connectivity index (χ0n) is 71.1. The van der Waals surface area contributed by atoms with Crippen LogP contribution in [0.5, 0.6) is 0 Å². The molecule has 614 valence electrons. The molecule has 0 atom stereocenters. The zero-order chi connectivity index (χ0) is 86.6.